The van der Waals surface area contributed by atoms with Crippen LogP contribution in [-0.2, 0) is 4.74 Å². The molecule has 2 aromatic rings. The van der Waals surface area contributed by atoms with Gasteiger partial charge in [-0.1, -0.05) is 6.07 Å². The zero-order valence-electron chi connectivity index (χ0n) is 12.4. The van der Waals surface area contributed by atoms with E-state index in [4.69, 9.17) is 4.74 Å². The fraction of sp³-hybridized carbons (Fsp3) is 0.333. The van der Waals surface area contributed by atoms with Gasteiger partial charge in [0.2, 0.25) is 0 Å². The van der Waals surface area contributed by atoms with Crippen LogP contribution in [0.5, 0.6) is 0 Å². The van der Waals surface area contributed by atoms with Crippen LogP contribution in [0.1, 0.15) is 17.4 Å². The second-order valence-electron chi connectivity index (χ2n) is 4.77. The second kappa shape index (κ2) is 6.90. The number of carbonyl (C=O) groups is 1. The molecule has 110 valence electrons. The largest absolute Gasteiger partial charge is 0.380 e. The standard InChI is InChI=1S/C15H18N4O2/c1-11(21-3)9-19(2)15(20)14-6-4-5-13(18-14)12-7-16-10-17-8-12/h4-8,10-11H,9H2,1-3H3/t11-/m0/s1. The summed E-state index contributed by atoms with van der Waals surface area (Å²) in [4.78, 5) is 26.3. The zero-order valence-corrected chi connectivity index (χ0v) is 12.4. The molecule has 0 fully saturated rings. The first-order valence-electron chi connectivity index (χ1n) is 6.62. The van der Waals surface area contributed by atoms with Crippen LogP contribution in [0.4, 0.5) is 0 Å². The third-order valence-corrected chi connectivity index (χ3v) is 3.10. The molecule has 0 aromatic carbocycles. The predicted octanol–water partition coefficient (Wildman–Crippen LogP) is 1.65. The summed E-state index contributed by atoms with van der Waals surface area (Å²) in [7, 11) is 3.36. The van der Waals surface area contributed by atoms with E-state index in [0.29, 0.717) is 17.9 Å². The van der Waals surface area contributed by atoms with Crippen LogP contribution >= 0.6 is 0 Å². The summed E-state index contributed by atoms with van der Waals surface area (Å²) in [5.41, 5.74) is 1.84. The lowest BCUT2D eigenvalue weighted by molar-refractivity contribution is 0.0595. The third-order valence-electron chi connectivity index (χ3n) is 3.10. The van der Waals surface area contributed by atoms with E-state index in [-0.39, 0.29) is 12.0 Å². The maximum atomic E-state index is 12.4. The highest BCUT2D eigenvalue weighted by atomic mass is 16.5. The second-order valence-corrected chi connectivity index (χ2v) is 4.77. The molecule has 0 aliphatic carbocycles. The molecule has 0 aliphatic rings. The Kier molecular flexibility index (Phi) is 4.94. The van der Waals surface area contributed by atoms with E-state index in [2.05, 4.69) is 15.0 Å². The average molecular weight is 286 g/mol. The van der Waals surface area contributed by atoms with Crippen molar-refractivity contribution in [3.8, 4) is 11.3 Å². The first-order chi connectivity index (χ1) is 10.1. The number of hydrogen-bond donors (Lipinski definition) is 0. The van der Waals surface area contributed by atoms with E-state index in [9.17, 15) is 4.79 Å². The molecule has 2 heterocycles. The normalized spacial score (nSPS) is 12.0. The molecular formula is C15H18N4O2. The molecule has 0 unspecified atom stereocenters. The Morgan fingerprint density at radius 3 is 2.71 bits per heavy atom. The highest BCUT2D eigenvalue weighted by molar-refractivity contribution is 5.92. The van der Waals surface area contributed by atoms with Crippen LogP contribution in [0.2, 0.25) is 0 Å². The van der Waals surface area contributed by atoms with E-state index in [1.807, 2.05) is 13.0 Å². The molecular weight excluding hydrogens is 268 g/mol. The van der Waals surface area contributed by atoms with Crippen LogP contribution in [0.25, 0.3) is 11.3 Å². The van der Waals surface area contributed by atoms with Crippen molar-refractivity contribution in [2.45, 2.75) is 13.0 Å². The number of likely N-dealkylation sites (N-methyl/N-ethyl adjacent to an activating group) is 1. The van der Waals surface area contributed by atoms with Gasteiger partial charge in [-0.3, -0.25) is 4.79 Å². The fourth-order valence-electron chi connectivity index (χ4n) is 1.88. The quantitative estimate of drug-likeness (QED) is 0.836. The number of carbonyl (C=O) groups excluding carboxylic acids is 1. The molecule has 0 radical (unpaired) electrons. The summed E-state index contributed by atoms with van der Waals surface area (Å²) >= 11 is 0. The lowest BCUT2D eigenvalue weighted by Gasteiger charge is -2.20. The summed E-state index contributed by atoms with van der Waals surface area (Å²) in [5, 5.41) is 0. The van der Waals surface area contributed by atoms with Crippen molar-refractivity contribution in [3.05, 3.63) is 42.6 Å². The number of ether oxygens (including phenoxy) is 1. The molecule has 1 atom stereocenters. The minimum Gasteiger partial charge on any atom is -0.380 e. The molecule has 2 rings (SSSR count). The van der Waals surface area contributed by atoms with Crippen molar-refractivity contribution in [1.82, 2.24) is 19.9 Å². The van der Waals surface area contributed by atoms with Gasteiger partial charge in [-0.25, -0.2) is 15.0 Å². The van der Waals surface area contributed by atoms with Crippen molar-refractivity contribution in [3.63, 3.8) is 0 Å². The molecule has 0 N–H and O–H groups in total. The highest BCUT2D eigenvalue weighted by Crippen LogP contribution is 2.15. The minimum absolute atomic E-state index is 0.0235. The maximum absolute atomic E-state index is 12.4. The van der Waals surface area contributed by atoms with E-state index in [0.717, 1.165) is 5.56 Å². The van der Waals surface area contributed by atoms with Crippen molar-refractivity contribution < 1.29 is 9.53 Å². The molecule has 0 saturated heterocycles. The maximum Gasteiger partial charge on any atom is 0.272 e. The number of nitrogens with zero attached hydrogens (tertiary/aromatic N) is 4. The first-order valence-corrected chi connectivity index (χ1v) is 6.62. The van der Waals surface area contributed by atoms with Crippen molar-refractivity contribution in [1.29, 1.82) is 0 Å². The van der Waals surface area contributed by atoms with Gasteiger partial charge in [-0.15, -0.1) is 0 Å². The fourth-order valence-corrected chi connectivity index (χ4v) is 1.88. The number of methoxy groups -OCH3 is 1. The Labute approximate surface area is 123 Å². The molecule has 6 heteroatoms. The smallest absolute Gasteiger partial charge is 0.272 e. The zero-order chi connectivity index (χ0) is 15.2. The molecule has 6 nitrogen and oxygen atoms in total. The number of hydrogen-bond acceptors (Lipinski definition) is 5. The molecule has 1 amide bonds. The van der Waals surface area contributed by atoms with Gasteiger partial charge in [0.05, 0.1) is 11.8 Å². The summed E-state index contributed by atoms with van der Waals surface area (Å²) in [6.45, 7) is 2.42. The number of rotatable bonds is 5. The molecule has 21 heavy (non-hydrogen) atoms. The Bertz CT molecular complexity index is 604. The van der Waals surface area contributed by atoms with E-state index < -0.39 is 0 Å². The van der Waals surface area contributed by atoms with Gasteiger partial charge in [0.15, 0.2) is 0 Å². The molecule has 0 aliphatic heterocycles. The Morgan fingerprint density at radius 1 is 1.33 bits per heavy atom. The molecule has 0 spiro atoms. The number of aromatic nitrogens is 3. The Hall–Kier alpha value is -2.34. The first kappa shape index (κ1) is 15.1. The van der Waals surface area contributed by atoms with Gasteiger partial charge in [-0.2, -0.15) is 0 Å². The highest BCUT2D eigenvalue weighted by Gasteiger charge is 2.16. The molecule has 0 saturated carbocycles. The van der Waals surface area contributed by atoms with Crippen molar-refractivity contribution >= 4 is 5.91 Å². The lowest BCUT2D eigenvalue weighted by atomic mass is 10.2. The van der Waals surface area contributed by atoms with Gasteiger partial charge < -0.3 is 9.64 Å². The topological polar surface area (TPSA) is 68.2 Å². The molecule has 0 bridgehead atoms. The lowest BCUT2D eigenvalue weighted by Crippen LogP contribution is -2.34. The average Bonchev–Trinajstić information content (AvgIpc) is 2.54. The summed E-state index contributed by atoms with van der Waals surface area (Å²) in [6.07, 6.45) is 4.77. The van der Waals surface area contributed by atoms with Gasteiger partial charge in [-0.05, 0) is 19.1 Å². The van der Waals surface area contributed by atoms with Crippen molar-refractivity contribution in [2.24, 2.45) is 0 Å². The van der Waals surface area contributed by atoms with Gasteiger partial charge in [0, 0.05) is 38.7 Å². The van der Waals surface area contributed by atoms with Crippen LogP contribution in [-0.4, -0.2) is 52.6 Å². The summed E-state index contributed by atoms with van der Waals surface area (Å²) in [5.74, 6) is -0.141. The third kappa shape index (κ3) is 3.82. The van der Waals surface area contributed by atoms with Gasteiger partial charge in [0.1, 0.15) is 12.0 Å². The van der Waals surface area contributed by atoms with Gasteiger partial charge in [0.25, 0.3) is 5.91 Å². The Morgan fingerprint density at radius 2 is 2.05 bits per heavy atom. The van der Waals surface area contributed by atoms with E-state index in [1.54, 1.807) is 43.6 Å². The van der Waals surface area contributed by atoms with Gasteiger partial charge >= 0.3 is 0 Å². The van der Waals surface area contributed by atoms with Crippen LogP contribution in [0, 0.1) is 0 Å². The summed E-state index contributed by atoms with van der Waals surface area (Å²) < 4.78 is 5.17. The molecule has 2 aromatic heterocycles. The predicted molar refractivity (Wildman–Crippen MR) is 78.7 cm³/mol. The van der Waals surface area contributed by atoms with E-state index >= 15 is 0 Å². The van der Waals surface area contributed by atoms with E-state index in [1.165, 1.54) is 6.33 Å². The monoisotopic (exact) mass is 286 g/mol. The van der Waals surface area contributed by atoms with Crippen LogP contribution in [0.3, 0.4) is 0 Å². The summed E-state index contributed by atoms with van der Waals surface area (Å²) in [6, 6.07) is 5.33. The SMILES string of the molecule is CO[C@@H](C)CN(C)C(=O)c1cccc(-c2cncnc2)n1. The number of amides is 1. The van der Waals surface area contributed by atoms with Crippen LogP contribution < -0.4 is 0 Å². The van der Waals surface area contributed by atoms with Crippen LogP contribution in [0.15, 0.2) is 36.9 Å². The Balaban J connectivity index is 2.19. The van der Waals surface area contributed by atoms with Crippen molar-refractivity contribution in [2.75, 3.05) is 20.7 Å². The minimum atomic E-state index is -0.141. The number of pyridine rings is 1.